The molecular weight excluding hydrogens is 401 g/mol. The molecule has 0 saturated carbocycles. The maximum Gasteiger partial charge on any atom is 0.274 e. The summed E-state index contributed by atoms with van der Waals surface area (Å²) < 4.78 is 13.1. The normalized spacial score (nSPS) is 16.6. The molecule has 8 nitrogen and oxygen atoms in total. The van der Waals surface area contributed by atoms with Crippen LogP contribution in [0.15, 0.2) is 42.6 Å². The number of hydrazine groups is 1. The molecule has 3 aromatic rings. The average molecular weight is 423 g/mol. The Morgan fingerprint density at radius 1 is 1.26 bits per heavy atom. The van der Waals surface area contributed by atoms with Crippen molar-refractivity contribution in [3.8, 4) is 5.75 Å². The Bertz CT molecular complexity index is 1150. The van der Waals surface area contributed by atoms with Crippen molar-refractivity contribution in [3.05, 3.63) is 65.4 Å². The van der Waals surface area contributed by atoms with Crippen LogP contribution >= 0.6 is 0 Å². The number of nitrogens with zero attached hydrogens (tertiary/aromatic N) is 4. The van der Waals surface area contributed by atoms with Gasteiger partial charge in [0.2, 0.25) is 5.91 Å². The fourth-order valence-electron chi connectivity index (χ4n) is 3.92. The molecule has 2 N–H and O–H groups in total. The zero-order valence-corrected chi connectivity index (χ0v) is 17.2. The Morgan fingerprint density at radius 3 is 2.71 bits per heavy atom. The molecule has 160 valence electrons. The van der Waals surface area contributed by atoms with E-state index >= 15 is 0 Å². The second-order valence-corrected chi connectivity index (χ2v) is 7.45. The van der Waals surface area contributed by atoms with Crippen LogP contribution in [0.5, 0.6) is 5.75 Å². The summed E-state index contributed by atoms with van der Waals surface area (Å²) in [6, 6.07) is 8.85. The summed E-state index contributed by atoms with van der Waals surface area (Å²) >= 11 is 0. The van der Waals surface area contributed by atoms with Gasteiger partial charge in [-0.2, -0.15) is 0 Å². The second-order valence-electron chi connectivity index (χ2n) is 7.45. The fraction of sp³-hybridized carbons (Fsp3) is 0.273. The zero-order valence-electron chi connectivity index (χ0n) is 17.2. The molecule has 1 unspecified atom stereocenters. The van der Waals surface area contributed by atoms with Crippen molar-refractivity contribution < 1.29 is 19.1 Å². The van der Waals surface area contributed by atoms with Gasteiger partial charge in [0.05, 0.1) is 11.7 Å². The number of pyridine rings is 2. The Hall–Kier alpha value is -3.59. The molecule has 1 aliphatic heterocycles. The van der Waals surface area contributed by atoms with Gasteiger partial charge in [-0.3, -0.25) is 19.6 Å². The predicted octanol–water partition coefficient (Wildman–Crippen LogP) is 2.54. The zero-order chi connectivity index (χ0) is 22.1. The third-order valence-corrected chi connectivity index (χ3v) is 5.37. The Morgan fingerprint density at radius 2 is 2.00 bits per heavy atom. The second kappa shape index (κ2) is 8.27. The van der Waals surface area contributed by atoms with Crippen LogP contribution in [0.3, 0.4) is 0 Å². The third kappa shape index (κ3) is 3.91. The summed E-state index contributed by atoms with van der Waals surface area (Å²) in [6.07, 6.45) is 2.16. The number of benzene rings is 1. The molecule has 2 aromatic heterocycles. The molecule has 1 atom stereocenters. The van der Waals surface area contributed by atoms with Gasteiger partial charge in [-0.1, -0.05) is 12.1 Å². The maximum atomic E-state index is 13.1. The van der Waals surface area contributed by atoms with Crippen LogP contribution < -0.4 is 5.32 Å². The number of hydrogen-bond donors (Lipinski definition) is 2. The van der Waals surface area contributed by atoms with Crippen molar-refractivity contribution in [2.75, 3.05) is 13.6 Å². The van der Waals surface area contributed by atoms with E-state index < -0.39 is 5.91 Å². The molecule has 1 saturated heterocycles. The monoisotopic (exact) mass is 423 g/mol. The molecule has 0 bridgehead atoms. The first-order valence-corrected chi connectivity index (χ1v) is 9.88. The van der Waals surface area contributed by atoms with E-state index in [1.54, 1.807) is 29.3 Å². The van der Waals surface area contributed by atoms with E-state index in [4.69, 9.17) is 0 Å². The Balaban J connectivity index is 1.72. The smallest absolute Gasteiger partial charge is 0.274 e. The standard InChI is InChI=1S/C22H22FN5O3/c1-13(29)28-17(9-11-27(28)2)18-16-4-3-10-24-19(16)21(30)20(26-18)22(31)25-12-14-5-7-15(23)8-6-14/h3-8,10,17,30H,9,11-12H2,1-2H3,(H,25,31). The van der Waals surface area contributed by atoms with E-state index in [1.165, 1.54) is 25.3 Å². The Kier molecular flexibility index (Phi) is 5.51. The number of fused-ring (bicyclic) bond motifs is 1. The van der Waals surface area contributed by atoms with Gasteiger partial charge in [-0.15, -0.1) is 0 Å². The van der Waals surface area contributed by atoms with E-state index in [9.17, 15) is 19.1 Å². The molecule has 4 rings (SSSR count). The number of amides is 2. The van der Waals surface area contributed by atoms with E-state index in [2.05, 4.69) is 15.3 Å². The number of rotatable bonds is 4. The van der Waals surface area contributed by atoms with E-state index in [0.717, 1.165) is 0 Å². The highest BCUT2D eigenvalue weighted by Gasteiger charge is 2.36. The molecular formula is C22H22FN5O3. The lowest BCUT2D eigenvalue weighted by atomic mass is 10.0. The van der Waals surface area contributed by atoms with Crippen LogP contribution in [0, 0.1) is 5.82 Å². The van der Waals surface area contributed by atoms with Gasteiger partial charge in [0.25, 0.3) is 5.91 Å². The lowest BCUT2D eigenvalue weighted by Gasteiger charge is -2.29. The first-order valence-electron chi connectivity index (χ1n) is 9.88. The SMILES string of the molecule is CC(=O)N1C(c2nc(C(=O)NCc3ccc(F)cc3)c(O)c3ncccc23)CCN1C. The lowest BCUT2D eigenvalue weighted by Crippen LogP contribution is -2.39. The average Bonchev–Trinajstić information content (AvgIpc) is 3.15. The number of aromatic hydroxyl groups is 1. The number of halogens is 1. The van der Waals surface area contributed by atoms with Crippen molar-refractivity contribution in [1.82, 2.24) is 25.3 Å². The van der Waals surface area contributed by atoms with Crippen LogP contribution in [0.25, 0.3) is 10.9 Å². The molecule has 1 fully saturated rings. The van der Waals surface area contributed by atoms with Crippen LogP contribution in [-0.4, -0.2) is 50.5 Å². The largest absolute Gasteiger partial charge is 0.504 e. The molecule has 0 aliphatic carbocycles. The molecule has 1 aliphatic rings. The predicted molar refractivity (Wildman–Crippen MR) is 111 cm³/mol. The Labute approximate surface area is 178 Å². The summed E-state index contributed by atoms with van der Waals surface area (Å²) in [5, 5.41) is 17.4. The van der Waals surface area contributed by atoms with Crippen LogP contribution in [0.4, 0.5) is 4.39 Å². The topological polar surface area (TPSA) is 98.7 Å². The van der Waals surface area contributed by atoms with Gasteiger partial charge in [0.1, 0.15) is 11.3 Å². The number of hydrogen-bond acceptors (Lipinski definition) is 6. The van der Waals surface area contributed by atoms with Crippen LogP contribution in [0.1, 0.15) is 41.1 Å². The summed E-state index contributed by atoms with van der Waals surface area (Å²) in [6.45, 7) is 2.27. The summed E-state index contributed by atoms with van der Waals surface area (Å²) in [5.41, 5.74) is 1.29. The molecule has 31 heavy (non-hydrogen) atoms. The van der Waals surface area contributed by atoms with E-state index in [-0.39, 0.29) is 41.3 Å². The third-order valence-electron chi connectivity index (χ3n) is 5.37. The minimum atomic E-state index is -0.587. The number of nitrogens with one attached hydrogen (secondary N) is 1. The van der Waals surface area contributed by atoms with Crippen LogP contribution in [-0.2, 0) is 11.3 Å². The van der Waals surface area contributed by atoms with Gasteiger partial charge in [-0.25, -0.2) is 14.4 Å². The van der Waals surface area contributed by atoms with Gasteiger partial charge in [0.15, 0.2) is 11.4 Å². The van der Waals surface area contributed by atoms with Crippen LogP contribution in [0.2, 0.25) is 0 Å². The number of carbonyl (C=O) groups excluding carboxylic acids is 2. The van der Waals surface area contributed by atoms with Crippen molar-refractivity contribution in [2.45, 2.75) is 25.9 Å². The maximum absolute atomic E-state index is 13.1. The highest BCUT2D eigenvalue weighted by molar-refractivity contribution is 6.01. The fourth-order valence-corrected chi connectivity index (χ4v) is 3.92. The van der Waals surface area contributed by atoms with Gasteiger partial charge < -0.3 is 10.4 Å². The van der Waals surface area contributed by atoms with Crippen molar-refractivity contribution in [3.63, 3.8) is 0 Å². The van der Waals surface area contributed by atoms with Gasteiger partial charge in [-0.05, 0) is 36.2 Å². The molecule has 9 heteroatoms. The van der Waals surface area contributed by atoms with Crippen molar-refractivity contribution in [2.24, 2.45) is 0 Å². The highest BCUT2D eigenvalue weighted by Crippen LogP contribution is 2.37. The lowest BCUT2D eigenvalue weighted by molar-refractivity contribution is -0.143. The number of carbonyl (C=O) groups is 2. The van der Waals surface area contributed by atoms with Gasteiger partial charge >= 0.3 is 0 Å². The van der Waals surface area contributed by atoms with E-state index in [1.807, 2.05) is 12.1 Å². The first-order chi connectivity index (χ1) is 14.9. The summed E-state index contributed by atoms with van der Waals surface area (Å²) in [5.74, 6) is -1.41. The number of aromatic nitrogens is 2. The van der Waals surface area contributed by atoms with Gasteiger partial charge in [0, 0.05) is 38.6 Å². The minimum Gasteiger partial charge on any atom is -0.504 e. The quantitative estimate of drug-likeness (QED) is 0.669. The highest BCUT2D eigenvalue weighted by atomic mass is 19.1. The first kappa shape index (κ1) is 20.7. The molecule has 0 spiro atoms. The molecule has 0 radical (unpaired) electrons. The van der Waals surface area contributed by atoms with Crippen molar-refractivity contribution in [1.29, 1.82) is 0 Å². The summed E-state index contributed by atoms with van der Waals surface area (Å²) in [7, 11) is 1.82. The van der Waals surface area contributed by atoms with Crippen molar-refractivity contribution >= 4 is 22.7 Å². The minimum absolute atomic E-state index is 0.140. The summed E-state index contributed by atoms with van der Waals surface area (Å²) in [4.78, 5) is 33.8. The van der Waals surface area contributed by atoms with E-state index in [0.29, 0.717) is 29.6 Å². The molecule has 1 aromatic carbocycles. The molecule has 2 amide bonds. The molecule has 3 heterocycles.